The van der Waals surface area contributed by atoms with Gasteiger partial charge in [-0.25, -0.2) is 12.7 Å². The Hall–Kier alpha value is -1.41. The molecule has 0 bridgehead atoms. The highest BCUT2D eigenvalue weighted by Crippen LogP contribution is 2.32. The fourth-order valence-corrected chi connectivity index (χ4v) is 4.66. The van der Waals surface area contributed by atoms with Crippen LogP contribution >= 0.6 is 0 Å². The highest BCUT2D eigenvalue weighted by molar-refractivity contribution is 7.88. The molecule has 0 N–H and O–H groups in total. The van der Waals surface area contributed by atoms with Gasteiger partial charge in [0.2, 0.25) is 10.0 Å². The summed E-state index contributed by atoms with van der Waals surface area (Å²) in [6, 6.07) is 1.75. The number of aromatic nitrogens is 2. The van der Waals surface area contributed by atoms with Crippen LogP contribution in [-0.4, -0.2) is 65.7 Å². The van der Waals surface area contributed by atoms with Crippen molar-refractivity contribution in [2.45, 2.75) is 19.3 Å². The second-order valence-corrected chi connectivity index (χ2v) is 8.62. The van der Waals surface area contributed by atoms with E-state index in [0.717, 1.165) is 32.4 Å². The van der Waals surface area contributed by atoms with Gasteiger partial charge >= 0.3 is 0 Å². The van der Waals surface area contributed by atoms with E-state index < -0.39 is 10.0 Å². The van der Waals surface area contributed by atoms with Crippen LogP contribution in [0.4, 0.5) is 0 Å². The minimum absolute atomic E-state index is 0.0427. The molecule has 1 amide bonds. The number of amides is 1. The van der Waals surface area contributed by atoms with E-state index in [0.29, 0.717) is 30.6 Å². The first-order valence-electron chi connectivity index (χ1n) is 8.08. The summed E-state index contributed by atoms with van der Waals surface area (Å²) in [7, 11) is -1.29. The fraction of sp³-hybridized carbons (Fsp3) is 0.733. The molecule has 0 radical (unpaired) electrons. The number of piperidine rings is 1. The summed E-state index contributed by atoms with van der Waals surface area (Å²) in [4.78, 5) is 14.4. The first-order chi connectivity index (χ1) is 10.9. The van der Waals surface area contributed by atoms with Crippen LogP contribution in [0.15, 0.2) is 12.3 Å². The normalized spacial score (nSPS) is 24.3. The molecule has 0 aromatic carbocycles. The monoisotopic (exact) mass is 340 g/mol. The molecule has 2 fully saturated rings. The van der Waals surface area contributed by atoms with Crippen molar-refractivity contribution in [3.8, 4) is 0 Å². The Morgan fingerprint density at radius 3 is 2.39 bits per heavy atom. The summed E-state index contributed by atoms with van der Waals surface area (Å²) in [5, 5.41) is 4.06. The molecule has 1 aromatic heterocycles. The van der Waals surface area contributed by atoms with Crippen LogP contribution in [-0.2, 0) is 17.1 Å². The largest absolute Gasteiger partial charge is 0.337 e. The van der Waals surface area contributed by atoms with Crippen molar-refractivity contribution in [1.82, 2.24) is 19.0 Å². The lowest BCUT2D eigenvalue weighted by Crippen LogP contribution is -2.40. The molecule has 0 spiro atoms. The van der Waals surface area contributed by atoms with Gasteiger partial charge in [0.1, 0.15) is 5.69 Å². The van der Waals surface area contributed by atoms with Gasteiger partial charge in [0, 0.05) is 39.4 Å². The zero-order valence-corrected chi connectivity index (χ0v) is 14.5. The van der Waals surface area contributed by atoms with E-state index in [1.54, 1.807) is 28.3 Å². The molecule has 1 atom stereocenters. The van der Waals surface area contributed by atoms with E-state index in [1.165, 1.54) is 6.26 Å². The topological polar surface area (TPSA) is 75.5 Å². The molecule has 3 heterocycles. The molecule has 23 heavy (non-hydrogen) atoms. The van der Waals surface area contributed by atoms with E-state index in [9.17, 15) is 13.2 Å². The predicted octanol–water partition coefficient (Wildman–Crippen LogP) is 0.554. The molecule has 3 rings (SSSR count). The van der Waals surface area contributed by atoms with Crippen LogP contribution < -0.4 is 0 Å². The van der Waals surface area contributed by atoms with Crippen LogP contribution in [0.1, 0.15) is 29.8 Å². The zero-order valence-electron chi connectivity index (χ0n) is 13.7. The lowest BCUT2D eigenvalue weighted by molar-refractivity contribution is 0.0767. The van der Waals surface area contributed by atoms with E-state index in [1.807, 2.05) is 4.90 Å². The number of likely N-dealkylation sites (tertiary alicyclic amines) is 1. The molecule has 8 heteroatoms. The lowest BCUT2D eigenvalue weighted by atomic mass is 9.84. The molecule has 7 nitrogen and oxygen atoms in total. The van der Waals surface area contributed by atoms with Crippen LogP contribution in [0.5, 0.6) is 0 Å². The number of hydrogen-bond acceptors (Lipinski definition) is 4. The highest BCUT2D eigenvalue weighted by Gasteiger charge is 2.35. The second kappa shape index (κ2) is 6.24. The third-order valence-corrected chi connectivity index (χ3v) is 6.49. The summed E-state index contributed by atoms with van der Waals surface area (Å²) in [5.41, 5.74) is 0.623. The minimum Gasteiger partial charge on any atom is -0.337 e. The van der Waals surface area contributed by atoms with Gasteiger partial charge in [-0.1, -0.05) is 0 Å². The summed E-state index contributed by atoms with van der Waals surface area (Å²) < 4.78 is 26.3. The van der Waals surface area contributed by atoms with Crippen LogP contribution in [0.2, 0.25) is 0 Å². The molecule has 1 unspecified atom stereocenters. The maximum absolute atomic E-state index is 12.5. The number of aryl methyl sites for hydroxylation is 1. The SMILES string of the molecule is Cn1nccc1C(=O)N1CCC(C2CCN(S(C)(=O)=O)CC2)C1. The number of sulfonamides is 1. The van der Waals surface area contributed by atoms with Crippen molar-refractivity contribution >= 4 is 15.9 Å². The molecule has 0 aliphatic carbocycles. The van der Waals surface area contributed by atoms with Crippen molar-refractivity contribution < 1.29 is 13.2 Å². The van der Waals surface area contributed by atoms with Gasteiger partial charge in [-0.3, -0.25) is 9.48 Å². The van der Waals surface area contributed by atoms with Gasteiger partial charge < -0.3 is 4.90 Å². The Bertz CT molecular complexity index is 677. The number of rotatable bonds is 3. The number of hydrogen-bond donors (Lipinski definition) is 0. The Balaban J connectivity index is 1.57. The van der Waals surface area contributed by atoms with E-state index in [2.05, 4.69) is 5.10 Å². The molecular weight excluding hydrogens is 316 g/mol. The van der Waals surface area contributed by atoms with Crippen molar-refractivity contribution in [3.05, 3.63) is 18.0 Å². The van der Waals surface area contributed by atoms with Gasteiger partial charge in [0.25, 0.3) is 5.91 Å². The number of carbonyl (C=O) groups excluding carboxylic acids is 1. The fourth-order valence-electron chi connectivity index (χ4n) is 3.78. The first kappa shape index (κ1) is 16.4. The smallest absolute Gasteiger partial charge is 0.272 e. The average molecular weight is 340 g/mol. The van der Waals surface area contributed by atoms with E-state index in [4.69, 9.17) is 0 Å². The van der Waals surface area contributed by atoms with Crippen molar-refractivity contribution in [3.63, 3.8) is 0 Å². The van der Waals surface area contributed by atoms with Crippen molar-refractivity contribution in [1.29, 1.82) is 0 Å². The Labute approximate surface area is 137 Å². The average Bonchev–Trinajstić information content (AvgIpc) is 3.15. The molecule has 2 aliphatic heterocycles. The van der Waals surface area contributed by atoms with Gasteiger partial charge in [0.15, 0.2) is 0 Å². The summed E-state index contributed by atoms with van der Waals surface area (Å²) >= 11 is 0. The van der Waals surface area contributed by atoms with Gasteiger partial charge in [0.05, 0.1) is 6.26 Å². The molecule has 1 aromatic rings. The van der Waals surface area contributed by atoms with Crippen molar-refractivity contribution in [2.75, 3.05) is 32.4 Å². The highest BCUT2D eigenvalue weighted by atomic mass is 32.2. The molecule has 2 aliphatic rings. The standard InChI is InChI=1S/C15H24N4O3S/c1-17-14(3-7-16-17)15(20)18-8-4-13(11-18)12-5-9-19(10-6-12)23(2,21)22/h3,7,12-13H,4-6,8-11H2,1-2H3. The molecule has 2 saturated heterocycles. The maximum atomic E-state index is 12.5. The summed E-state index contributed by atoms with van der Waals surface area (Å²) in [6.07, 6.45) is 5.71. The van der Waals surface area contributed by atoms with Crippen molar-refractivity contribution in [2.24, 2.45) is 18.9 Å². The maximum Gasteiger partial charge on any atom is 0.272 e. The van der Waals surface area contributed by atoms with Crippen LogP contribution in [0.25, 0.3) is 0 Å². The molecule has 128 valence electrons. The van der Waals surface area contributed by atoms with Gasteiger partial charge in [-0.2, -0.15) is 5.10 Å². The quantitative estimate of drug-likeness (QED) is 0.805. The number of carbonyl (C=O) groups is 1. The first-order valence-corrected chi connectivity index (χ1v) is 9.93. The predicted molar refractivity (Wildman–Crippen MR) is 86.4 cm³/mol. The summed E-state index contributed by atoms with van der Waals surface area (Å²) in [5.74, 6) is 1.03. The van der Waals surface area contributed by atoms with E-state index in [-0.39, 0.29) is 5.91 Å². The molecule has 0 saturated carbocycles. The van der Waals surface area contributed by atoms with E-state index >= 15 is 0 Å². The van der Waals surface area contributed by atoms with Crippen LogP contribution in [0.3, 0.4) is 0 Å². The minimum atomic E-state index is -3.07. The lowest BCUT2D eigenvalue weighted by Gasteiger charge is -2.33. The Morgan fingerprint density at radius 2 is 1.83 bits per heavy atom. The Morgan fingerprint density at radius 1 is 1.17 bits per heavy atom. The second-order valence-electron chi connectivity index (χ2n) is 6.64. The van der Waals surface area contributed by atoms with Gasteiger partial charge in [-0.15, -0.1) is 0 Å². The van der Waals surface area contributed by atoms with Crippen LogP contribution in [0, 0.1) is 11.8 Å². The number of nitrogens with zero attached hydrogens (tertiary/aromatic N) is 4. The third-order valence-electron chi connectivity index (χ3n) is 5.19. The summed E-state index contributed by atoms with van der Waals surface area (Å²) in [6.45, 7) is 2.76. The Kier molecular flexibility index (Phi) is 4.46. The third kappa shape index (κ3) is 3.42. The van der Waals surface area contributed by atoms with Gasteiger partial charge in [-0.05, 0) is 37.2 Å². The molecular formula is C15H24N4O3S. The zero-order chi connectivity index (χ0) is 16.6.